The van der Waals surface area contributed by atoms with E-state index < -0.39 is 0 Å². The van der Waals surface area contributed by atoms with Crippen LogP contribution in [0.5, 0.6) is 11.5 Å². The minimum Gasteiger partial charge on any atom is -0.490 e. The fraction of sp³-hybridized carbons (Fsp3) is 0.571. The third-order valence-electron chi connectivity index (χ3n) is 2.39. The Morgan fingerprint density at radius 3 is 2.72 bits per heavy atom. The molecule has 0 aliphatic heterocycles. The van der Waals surface area contributed by atoms with Crippen molar-refractivity contribution in [2.24, 2.45) is 0 Å². The second kappa shape index (κ2) is 9.56. The summed E-state index contributed by atoms with van der Waals surface area (Å²) in [6, 6.07) is 6.03. The molecule has 1 aromatic rings. The molecule has 1 aromatic carbocycles. The second-order valence-electron chi connectivity index (χ2n) is 3.71. The highest BCUT2D eigenvalue weighted by atomic mass is 79.9. The molecule has 0 unspecified atom stereocenters. The molecule has 18 heavy (non-hydrogen) atoms. The molecule has 0 atom stereocenters. The minimum absolute atomic E-state index is 0.661. The van der Waals surface area contributed by atoms with Crippen LogP contribution in [0.3, 0.4) is 0 Å². The first-order valence-corrected chi connectivity index (χ1v) is 8.62. The molecule has 0 heterocycles. The fourth-order valence-corrected chi connectivity index (χ4v) is 2.63. The van der Waals surface area contributed by atoms with Crippen molar-refractivity contribution < 1.29 is 9.47 Å². The predicted octanol–water partition coefficient (Wildman–Crippen LogP) is 4.50. The van der Waals surface area contributed by atoms with E-state index in [1.807, 2.05) is 30.8 Å². The Balaban J connectivity index is 2.60. The number of halogens is 1. The van der Waals surface area contributed by atoms with Crippen molar-refractivity contribution in [2.75, 3.05) is 24.7 Å². The monoisotopic (exact) mass is 332 g/mol. The van der Waals surface area contributed by atoms with Gasteiger partial charge in [0.1, 0.15) is 0 Å². The highest BCUT2D eigenvalue weighted by molar-refractivity contribution is 9.08. The molecule has 0 fully saturated rings. The standard InChI is InChI=1S/C14H21BrO2S/c1-3-16-13-8-5-7-12(11-15)14(13)17-9-6-10-18-4-2/h5,7-8H,3-4,6,9-11H2,1-2H3. The van der Waals surface area contributed by atoms with Gasteiger partial charge in [0.25, 0.3) is 0 Å². The van der Waals surface area contributed by atoms with Crippen LogP contribution in [-0.4, -0.2) is 24.7 Å². The predicted molar refractivity (Wildman–Crippen MR) is 83.4 cm³/mol. The van der Waals surface area contributed by atoms with Crippen LogP contribution in [0.4, 0.5) is 0 Å². The van der Waals surface area contributed by atoms with Gasteiger partial charge in [0.05, 0.1) is 13.2 Å². The van der Waals surface area contributed by atoms with E-state index in [2.05, 4.69) is 28.9 Å². The molecule has 0 spiro atoms. The SMILES string of the molecule is CCOc1cccc(CBr)c1OCCCSCC. The summed E-state index contributed by atoms with van der Waals surface area (Å²) in [6.45, 7) is 5.58. The van der Waals surface area contributed by atoms with E-state index in [0.29, 0.717) is 6.61 Å². The van der Waals surface area contributed by atoms with Gasteiger partial charge >= 0.3 is 0 Å². The summed E-state index contributed by atoms with van der Waals surface area (Å²) >= 11 is 5.43. The Morgan fingerprint density at radius 1 is 1.22 bits per heavy atom. The lowest BCUT2D eigenvalue weighted by Gasteiger charge is -2.14. The zero-order chi connectivity index (χ0) is 13.2. The molecule has 0 aromatic heterocycles. The molecule has 0 amide bonds. The van der Waals surface area contributed by atoms with Gasteiger partial charge in [0.15, 0.2) is 11.5 Å². The Kier molecular flexibility index (Phi) is 8.34. The quantitative estimate of drug-likeness (QED) is 0.490. The maximum absolute atomic E-state index is 5.89. The third-order valence-corrected chi connectivity index (χ3v) is 3.98. The van der Waals surface area contributed by atoms with Gasteiger partial charge in [0.2, 0.25) is 0 Å². The first-order valence-electron chi connectivity index (χ1n) is 6.34. The smallest absolute Gasteiger partial charge is 0.165 e. The number of ether oxygens (including phenoxy) is 2. The summed E-state index contributed by atoms with van der Waals surface area (Å²) in [7, 11) is 0. The second-order valence-corrected chi connectivity index (χ2v) is 5.66. The molecule has 0 bridgehead atoms. The summed E-state index contributed by atoms with van der Waals surface area (Å²) in [5, 5.41) is 0.785. The fourth-order valence-electron chi connectivity index (χ4n) is 1.58. The van der Waals surface area contributed by atoms with Gasteiger partial charge in [-0.1, -0.05) is 35.0 Å². The van der Waals surface area contributed by atoms with Gasteiger partial charge in [-0.3, -0.25) is 0 Å². The summed E-state index contributed by atoms with van der Waals surface area (Å²) in [6.07, 6.45) is 1.07. The normalized spacial score (nSPS) is 10.4. The lowest BCUT2D eigenvalue weighted by Crippen LogP contribution is -2.04. The van der Waals surface area contributed by atoms with E-state index in [-0.39, 0.29) is 0 Å². The molecule has 0 aliphatic carbocycles. The topological polar surface area (TPSA) is 18.5 Å². The van der Waals surface area contributed by atoms with Crippen LogP contribution >= 0.6 is 27.7 Å². The number of rotatable bonds is 9. The number of para-hydroxylation sites is 1. The van der Waals surface area contributed by atoms with Gasteiger partial charge in [-0.05, 0) is 30.9 Å². The molecule has 0 radical (unpaired) electrons. The molecule has 4 heteroatoms. The van der Waals surface area contributed by atoms with Crippen molar-refractivity contribution in [1.29, 1.82) is 0 Å². The molecule has 2 nitrogen and oxygen atoms in total. The van der Waals surface area contributed by atoms with Crippen LogP contribution in [0, 0.1) is 0 Å². The van der Waals surface area contributed by atoms with Crippen LogP contribution < -0.4 is 9.47 Å². The van der Waals surface area contributed by atoms with E-state index in [1.54, 1.807) is 0 Å². The maximum Gasteiger partial charge on any atom is 0.165 e. The van der Waals surface area contributed by atoms with Gasteiger partial charge < -0.3 is 9.47 Å². The van der Waals surface area contributed by atoms with Crippen LogP contribution in [0.1, 0.15) is 25.8 Å². The van der Waals surface area contributed by atoms with E-state index in [9.17, 15) is 0 Å². The van der Waals surface area contributed by atoms with Crippen molar-refractivity contribution >= 4 is 27.7 Å². The van der Waals surface area contributed by atoms with Crippen LogP contribution in [0.25, 0.3) is 0 Å². The Bertz CT molecular complexity index is 345. The van der Waals surface area contributed by atoms with E-state index in [4.69, 9.17) is 9.47 Å². The molecule has 0 saturated carbocycles. The van der Waals surface area contributed by atoms with Gasteiger partial charge in [-0.25, -0.2) is 0 Å². The zero-order valence-electron chi connectivity index (χ0n) is 11.1. The molecular formula is C14H21BrO2S. The summed E-state index contributed by atoms with van der Waals surface area (Å²) in [4.78, 5) is 0. The van der Waals surface area contributed by atoms with E-state index in [0.717, 1.165) is 41.2 Å². The molecular weight excluding hydrogens is 312 g/mol. The average Bonchev–Trinajstić information content (AvgIpc) is 2.40. The van der Waals surface area contributed by atoms with Crippen molar-refractivity contribution in [3.05, 3.63) is 23.8 Å². The zero-order valence-corrected chi connectivity index (χ0v) is 13.5. The molecule has 1 rings (SSSR count). The lowest BCUT2D eigenvalue weighted by atomic mass is 10.2. The summed E-state index contributed by atoms with van der Waals surface area (Å²) in [5.74, 6) is 4.05. The Labute approximate surface area is 123 Å². The number of thioether (sulfide) groups is 1. The first-order chi connectivity index (χ1) is 8.83. The van der Waals surface area contributed by atoms with Gasteiger partial charge in [-0.2, -0.15) is 11.8 Å². The Morgan fingerprint density at radius 2 is 2.06 bits per heavy atom. The highest BCUT2D eigenvalue weighted by Gasteiger charge is 2.09. The molecule has 0 saturated heterocycles. The van der Waals surface area contributed by atoms with E-state index in [1.165, 1.54) is 5.75 Å². The van der Waals surface area contributed by atoms with Crippen LogP contribution in [-0.2, 0) is 5.33 Å². The molecule has 0 N–H and O–H groups in total. The number of benzene rings is 1. The first kappa shape index (κ1) is 15.7. The number of hydrogen-bond donors (Lipinski definition) is 0. The van der Waals surface area contributed by atoms with Crippen molar-refractivity contribution in [2.45, 2.75) is 25.6 Å². The largest absolute Gasteiger partial charge is 0.490 e. The lowest BCUT2D eigenvalue weighted by molar-refractivity contribution is 0.276. The maximum atomic E-state index is 5.89. The molecule has 102 valence electrons. The number of hydrogen-bond acceptors (Lipinski definition) is 3. The van der Waals surface area contributed by atoms with Crippen LogP contribution in [0.15, 0.2) is 18.2 Å². The van der Waals surface area contributed by atoms with Gasteiger partial charge in [-0.15, -0.1) is 0 Å². The van der Waals surface area contributed by atoms with Gasteiger partial charge in [0, 0.05) is 10.9 Å². The van der Waals surface area contributed by atoms with Crippen molar-refractivity contribution in [1.82, 2.24) is 0 Å². The van der Waals surface area contributed by atoms with Crippen LogP contribution in [0.2, 0.25) is 0 Å². The van der Waals surface area contributed by atoms with Crippen molar-refractivity contribution in [3.8, 4) is 11.5 Å². The summed E-state index contributed by atoms with van der Waals surface area (Å²) in [5.41, 5.74) is 1.14. The number of alkyl halides is 1. The van der Waals surface area contributed by atoms with E-state index >= 15 is 0 Å². The highest BCUT2D eigenvalue weighted by Crippen LogP contribution is 2.32. The van der Waals surface area contributed by atoms with Crippen molar-refractivity contribution in [3.63, 3.8) is 0 Å². The average molecular weight is 333 g/mol. The third kappa shape index (κ3) is 5.11. The summed E-state index contributed by atoms with van der Waals surface area (Å²) < 4.78 is 11.5. The Hall–Kier alpha value is -0.350. The minimum atomic E-state index is 0.661. The molecule has 0 aliphatic rings.